The summed E-state index contributed by atoms with van der Waals surface area (Å²) in [5, 5.41) is 9.56. The Kier molecular flexibility index (Phi) is 3.82. The molecule has 1 heterocycles. The van der Waals surface area contributed by atoms with E-state index in [0.29, 0.717) is 24.2 Å². The van der Waals surface area contributed by atoms with Crippen LogP contribution in [0.25, 0.3) is 0 Å². The van der Waals surface area contributed by atoms with Gasteiger partial charge in [-0.1, -0.05) is 13.0 Å². The zero-order valence-corrected chi connectivity index (χ0v) is 11.3. The van der Waals surface area contributed by atoms with E-state index in [2.05, 4.69) is 0 Å². The molecule has 0 radical (unpaired) electrons. The minimum absolute atomic E-state index is 0.364. The highest BCUT2D eigenvalue weighted by atomic mass is 17.2. The van der Waals surface area contributed by atoms with Crippen LogP contribution in [0.3, 0.4) is 0 Å². The van der Waals surface area contributed by atoms with Gasteiger partial charge < -0.3 is 9.68 Å². The van der Waals surface area contributed by atoms with Gasteiger partial charge in [0.15, 0.2) is 5.75 Å². The smallest absolute Gasteiger partial charge is 0.423 e. The summed E-state index contributed by atoms with van der Waals surface area (Å²) in [4.78, 5) is 21.6. The molecule has 1 N–H and O–H groups in total. The predicted octanol–water partition coefficient (Wildman–Crippen LogP) is 1.18. The second kappa shape index (κ2) is 5.23. The molecule has 1 aromatic carbocycles. The Morgan fingerprint density at radius 1 is 1.53 bits per heavy atom. The zero-order valence-electron chi connectivity index (χ0n) is 11.3. The standard InChI is InChI=1S/C13H17BO5/c1-4-13(2,3)12(15)19-18-10-6-5-9-8-17-14(16)11(9)7-10/h5-7,16H,4,8H2,1-3H3. The molecule has 0 aliphatic carbocycles. The number of benzene rings is 1. The summed E-state index contributed by atoms with van der Waals surface area (Å²) in [5.74, 6) is -0.0594. The first kappa shape index (κ1) is 13.9. The van der Waals surface area contributed by atoms with Crippen LogP contribution in [0.15, 0.2) is 18.2 Å². The molecule has 6 heteroatoms. The van der Waals surface area contributed by atoms with Gasteiger partial charge in [0.2, 0.25) is 0 Å². The van der Waals surface area contributed by atoms with Crippen molar-refractivity contribution in [2.75, 3.05) is 0 Å². The molecular weight excluding hydrogens is 247 g/mol. The number of hydrogen-bond acceptors (Lipinski definition) is 5. The van der Waals surface area contributed by atoms with E-state index in [1.807, 2.05) is 6.92 Å². The Hall–Kier alpha value is -1.53. The fraction of sp³-hybridized carbons (Fsp3) is 0.462. The fourth-order valence-corrected chi connectivity index (χ4v) is 1.59. The topological polar surface area (TPSA) is 65.0 Å². The molecule has 0 amide bonds. The molecular formula is C13H17BO5. The van der Waals surface area contributed by atoms with Crippen LogP contribution in [-0.2, 0) is 20.9 Å². The monoisotopic (exact) mass is 264 g/mol. The van der Waals surface area contributed by atoms with E-state index < -0.39 is 18.5 Å². The average molecular weight is 264 g/mol. The van der Waals surface area contributed by atoms with Crippen molar-refractivity contribution >= 4 is 18.6 Å². The molecule has 0 atom stereocenters. The highest BCUT2D eigenvalue weighted by Crippen LogP contribution is 2.23. The first-order valence-corrected chi connectivity index (χ1v) is 6.25. The third kappa shape index (κ3) is 2.90. The second-order valence-electron chi connectivity index (χ2n) is 5.22. The van der Waals surface area contributed by atoms with Gasteiger partial charge in [-0.25, -0.2) is 9.68 Å². The SMILES string of the molecule is CCC(C)(C)C(=O)OOc1ccc2c(c1)B(O)OC2. The van der Waals surface area contributed by atoms with Crippen LogP contribution >= 0.6 is 0 Å². The van der Waals surface area contributed by atoms with Gasteiger partial charge in [-0.2, -0.15) is 0 Å². The highest BCUT2D eigenvalue weighted by Gasteiger charge is 2.30. The Bertz CT molecular complexity index is 486. The minimum atomic E-state index is -0.943. The highest BCUT2D eigenvalue weighted by molar-refractivity contribution is 6.61. The summed E-state index contributed by atoms with van der Waals surface area (Å²) >= 11 is 0. The number of fused-ring (bicyclic) bond motifs is 1. The molecule has 5 nitrogen and oxygen atoms in total. The van der Waals surface area contributed by atoms with E-state index in [0.717, 1.165) is 5.56 Å². The zero-order chi connectivity index (χ0) is 14.0. The molecule has 0 unspecified atom stereocenters. The van der Waals surface area contributed by atoms with Gasteiger partial charge in [-0.05, 0) is 43.4 Å². The Balaban J connectivity index is 2.01. The van der Waals surface area contributed by atoms with Crippen LogP contribution in [0.4, 0.5) is 0 Å². The van der Waals surface area contributed by atoms with Crippen LogP contribution in [0.2, 0.25) is 0 Å². The number of rotatable bonds is 4. The second-order valence-corrected chi connectivity index (χ2v) is 5.22. The van der Waals surface area contributed by atoms with Gasteiger partial charge in [0.25, 0.3) is 0 Å². The van der Waals surface area contributed by atoms with Crippen molar-refractivity contribution in [3.8, 4) is 5.75 Å². The molecule has 1 aliphatic rings. The van der Waals surface area contributed by atoms with Gasteiger partial charge in [0, 0.05) is 0 Å². The minimum Gasteiger partial charge on any atom is -0.423 e. The molecule has 2 rings (SSSR count). The largest absolute Gasteiger partial charge is 0.491 e. The summed E-state index contributed by atoms with van der Waals surface area (Å²) in [7, 11) is -0.943. The summed E-state index contributed by atoms with van der Waals surface area (Å²) in [6.07, 6.45) is 0.659. The average Bonchev–Trinajstić information content (AvgIpc) is 2.77. The summed E-state index contributed by atoms with van der Waals surface area (Å²) in [6, 6.07) is 5.06. The van der Waals surface area contributed by atoms with E-state index in [1.54, 1.807) is 32.0 Å². The van der Waals surface area contributed by atoms with Crippen LogP contribution in [0.5, 0.6) is 5.75 Å². The quantitative estimate of drug-likeness (QED) is 0.502. The summed E-state index contributed by atoms with van der Waals surface area (Å²) < 4.78 is 5.07. The predicted molar refractivity (Wildman–Crippen MR) is 69.6 cm³/mol. The number of carbonyl (C=O) groups excluding carboxylic acids is 1. The molecule has 0 aromatic heterocycles. The van der Waals surface area contributed by atoms with Crippen LogP contribution in [0, 0.1) is 5.41 Å². The van der Waals surface area contributed by atoms with Crippen molar-refractivity contribution in [2.24, 2.45) is 5.41 Å². The first-order chi connectivity index (χ1) is 8.94. The van der Waals surface area contributed by atoms with Gasteiger partial charge in [0.1, 0.15) is 0 Å². The van der Waals surface area contributed by atoms with Gasteiger partial charge in [0.05, 0.1) is 12.0 Å². The molecule has 0 saturated heterocycles. The molecule has 19 heavy (non-hydrogen) atoms. The van der Waals surface area contributed by atoms with Crippen molar-refractivity contribution in [3.63, 3.8) is 0 Å². The molecule has 0 spiro atoms. The van der Waals surface area contributed by atoms with Gasteiger partial charge >= 0.3 is 13.1 Å². The Labute approximate surface area is 112 Å². The van der Waals surface area contributed by atoms with E-state index in [4.69, 9.17) is 14.4 Å². The lowest BCUT2D eigenvalue weighted by Gasteiger charge is -2.18. The van der Waals surface area contributed by atoms with Crippen molar-refractivity contribution in [3.05, 3.63) is 23.8 Å². The third-order valence-electron chi connectivity index (χ3n) is 3.43. The molecule has 1 aromatic rings. The maximum absolute atomic E-state index is 11.7. The molecule has 0 saturated carbocycles. The van der Waals surface area contributed by atoms with E-state index in [9.17, 15) is 9.82 Å². The normalized spacial score (nSPS) is 14.2. The van der Waals surface area contributed by atoms with Gasteiger partial charge in [-0.15, -0.1) is 0 Å². The molecule has 0 bridgehead atoms. The van der Waals surface area contributed by atoms with Crippen LogP contribution in [0.1, 0.15) is 32.8 Å². The Morgan fingerprint density at radius 2 is 2.26 bits per heavy atom. The van der Waals surface area contributed by atoms with E-state index in [1.165, 1.54) is 0 Å². The van der Waals surface area contributed by atoms with E-state index in [-0.39, 0.29) is 0 Å². The third-order valence-corrected chi connectivity index (χ3v) is 3.43. The van der Waals surface area contributed by atoms with Crippen molar-refractivity contribution < 1.29 is 24.2 Å². The fourth-order valence-electron chi connectivity index (χ4n) is 1.59. The lowest BCUT2D eigenvalue weighted by molar-refractivity contribution is -0.224. The lowest BCUT2D eigenvalue weighted by Crippen LogP contribution is -2.29. The molecule has 0 fully saturated rings. The lowest BCUT2D eigenvalue weighted by atomic mass is 9.79. The van der Waals surface area contributed by atoms with Crippen molar-refractivity contribution in [1.82, 2.24) is 0 Å². The first-order valence-electron chi connectivity index (χ1n) is 6.25. The molecule has 1 aliphatic heterocycles. The number of hydrogen-bond donors (Lipinski definition) is 1. The maximum Gasteiger partial charge on any atom is 0.491 e. The van der Waals surface area contributed by atoms with Crippen LogP contribution in [-0.4, -0.2) is 18.1 Å². The van der Waals surface area contributed by atoms with Gasteiger partial charge in [-0.3, -0.25) is 4.89 Å². The maximum atomic E-state index is 11.7. The molecule has 102 valence electrons. The summed E-state index contributed by atoms with van der Waals surface area (Å²) in [5.41, 5.74) is 0.961. The van der Waals surface area contributed by atoms with Crippen LogP contribution < -0.4 is 10.4 Å². The Morgan fingerprint density at radius 3 is 2.95 bits per heavy atom. The van der Waals surface area contributed by atoms with E-state index >= 15 is 0 Å². The summed E-state index contributed by atoms with van der Waals surface area (Å²) in [6.45, 7) is 5.86. The van der Waals surface area contributed by atoms with Crippen molar-refractivity contribution in [1.29, 1.82) is 0 Å². The van der Waals surface area contributed by atoms with Crippen molar-refractivity contribution in [2.45, 2.75) is 33.8 Å². The number of carbonyl (C=O) groups is 1.